The van der Waals surface area contributed by atoms with E-state index in [1.807, 2.05) is 0 Å². The van der Waals surface area contributed by atoms with Crippen LogP contribution in [-0.2, 0) is 4.74 Å². The maximum absolute atomic E-state index is 10.8. The van der Waals surface area contributed by atoms with Gasteiger partial charge in [0, 0.05) is 0 Å². The topological polar surface area (TPSA) is 55.0 Å². The molecule has 4 nitrogen and oxygen atoms in total. The minimum atomic E-state index is -0.456. The SMILES string of the molecule is COC(=O)c1[nH]cnc1S. The highest BCUT2D eigenvalue weighted by molar-refractivity contribution is 7.80. The Kier molecular flexibility index (Phi) is 1.96. The Balaban J connectivity index is 2.93. The van der Waals surface area contributed by atoms with E-state index < -0.39 is 5.97 Å². The van der Waals surface area contributed by atoms with E-state index in [0.29, 0.717) is 5.03 Å². The van der Waals surface area contributed by atoms with Crippen LogP contribution in [0.5, 0.6) is 0 Å². The molecule has 0 unspecified atom stereocenters. The molecular formula is C5H6N2O2S. The zero-order valence-corrected chi connectivity index (χ0v) is 6.18. The van der Waals surface area contributed by atoms with Crippen molar-refractivity contribution in [2.24, 2.45) is 0 Å². The summed E-state index contributed by atoms with van der Waals surface area (Å²) in [5.74, 6) is -0.456. The van der Waals surface area contributed by atoms with E-state index in [4.69, 9.17) is 0 Å². The van der Waals surface area contributed by atoms with E-state index in [-0.39, 0.29) is 5.69 Å². The first-order chi connectivity index (χ1) is 4.75. The van der Waals surface area contributed by atoms with E-state index in [2.05, 4.69) is 27.3 Å². The molecule has 0 saturated carbocycles. The van der Waals surface area contributed by atoms with E-state index in [0.717, 1.165) is 0 Å². The minimum Gasteiger partial charge on any atom is -0.464 e. The number of methoxy groups -OCH3 is 1. The Morgan fingerprint density at radius 2 is 2.60 bits per heavy atom. The van der Waals surface area contributed by atoms with Gasteiger partial charge in [0.1, 0.15) is 5.03 Å². The van der Waals surface area contributed by atoms with Gasteiger partial charge < -0.3 is 9.72 Å². The molecule has 1 aromatic rings. The van der Waals surface area contributed by atoms with E-state index in [1.165, 1.54) is 13.4 Å². The number of rotatable bonds is 1. The number of aromatic amines is 1. The first-order valence-corrected chi connectivity index (χ1v) is 3.01. The molecule has 0 aliphatic rings. The van der Waals surface area contributed by atoms with E-state index in [9.17, 15) is 4.79 Å². The predicted molar refractivity (Wildman–Crippen MR) is 37.2 cm³/mol. The fourth-order valence-corrected chi connectivity index (χ4v) is 0.753. The third kappa shape index (κ3) is 1.13. The number of H-pyrrole nitrogens is 1. The van der Waals surface area contributed by atoms with Gasteiger partial charge in [-0.05, 0) is 0 Å². The van der Waals surface area contributed by atoms with Crippen molar-refractivity contribution in [2.75, 3.05) is 7.11 Å². The van der Waals surface area contributed by atoms with Crippen molar-refractivity contribution in [1.29, 1.82) is 0 Å². The van der Waals surface area contributed by atoms with Gasteiger partial charge in [0.2, 0.25) is 0 Å². The summed E-state index contributed by atoms with van der Waals surface area (Å²) in [7, 11) is 1.30. The third-order valence-corrected chi connectivity index (χ3v) is 1.35. The van der Waals surface area contributed by atoms with Crippen LogP contribution in [0, 0.1) is 0 Å². The van der Waals surface area contributed by atoms with Gasteiger partial charge in [-0.1, -0.05) is 0 Å². The van der Waals surface area contributed by atoms with Crippen LogP contribution in [-0.4, -0.2) is 23.0 Å². The van der Waals surface area contributed by atoms with Crippen LogP contribution in [0.15, 0.2) is 11.4 Å². The molecule has 0 atom stereocenters. The molecule has 1 N–H and O–H groups in total. The second kappa shape index (κ2) is 2.74. The minimum absolute atomic E-state index is 0.283. The third-order valence-electron chi connectivity index (χ3n) is 1.01. The zero-order chi connectivity index (χ0) is 7.56. The van der Waals surface area contributed by atoms with Gasteiger partial charge in [-0.3, -0.25) is 0 Å². The van der Waals surface area contributed by atoms with Crippen LogP contribution in [0.25, 0.3) is 0 Å². The average molecular weight is 158 g/mol. The summed E-state index contributed by atoms with van der Waals surface area (Å²) in [5, 5.41) is 0.354. The molecule has 5 heteroatoms. The van der Waals surface area contributed by atoms with Gasteiger partial charge in [0.05, 0.1) is 13.4 Å². The summed E-state index contributed by atoms with van der Waals surface area (Å²) in [4.78, 5) is 17.0. The Morgan fingerprint density at radius 3 is 3.00 bits per heavy atom. The van der Waals surface area contributed by atoms with Crippen molar-refractivity contribution in [3.05, 3.63) is 12.0 Å². The summed E-state index contributed by atoms with van der Waals surface area (Å²) in [5.41, 5.74) is 0.283. The van der Waals surface area contributed by atoms with Crippen molar-refractivity contribution < 1.29 is 9.53 Å². The normalized spacial score (nSPS) is 9.40. The number of aromatic nitrogens is 2. The molecule has 0 fully saturated rings. The molecule has 0 spiro atoms. The average Bonchev–Trinajstić information content (AvgIpc) is 2.34. The second-order valence-corrected chi connectivity index (χ2v) is 2.02. The van der Waals surface area contributed by atoms with Gasteiger partial charge in [0.25, 0.3) is 0 Å². The lowest BCUT2D eigenvalue weighted by molar-refractivity contribution is 0.0590. The first kappa shape index (κ1) is 7.14. The highest BCUT2D eigenvalue weighted by atomic mass is 32.1. The van der Waals surface area contributed by atoms with Crippen LogP contribution in [0.3, 0.4) is 0 Å². The van der Waals surface area contributed by atoms with E-state index in [1.54, 1.807) is 0 Å². The zero-order valence-electron chi connectivity index (χ0n) is 5.29. The number of carbonyl (C=O) groups excluding carboxylic acids is 1. The summed E-state index contributed by atoms with van der Waals surface area (Å²) >= 11 is 3.90. The lowest BCUT2D eigenvalue weighted by Crippen LogP contribution is -2.01. The molecule has 10 heavy (non-hydrogen) atoms. The highest BCUT2D eigenvalue weighted by Crippen LogP contribution is 2.07. The van der Waals surface area contributed by atoms with Crippen molar-refractivity contribution in [3.63, 3.8) is 0 Å². The smallest absolute Gasteiger partial charge is 0.357 e. The number of nitrogens with zero attached hydrogens (tertiary/aromatic N) is 1. The van der Waals surface area contributed by atoms with Crippen molar-refractivity contribution >= 4 is 18.6 Å². The summed E-state index contributed by atoms with van der Waals surface area (Å²) < 4.78 is 4.42. The fourth-order valence-electron chi connectivity index (χ4n) is 0.539. The molecule has 0 saturated heterocycles. The van der Waals surface area contributed by atoms with Gasteiger partial charge >= 0.3 is 5.97 Å². The number of ether oxygens (including phenoxy) is 1. The maximum atomic E-state index is 10.8. The second-order valence-electron chi connectivity index (χ2n) is 1.59. The number of carbonyl (C=O) groups is 1. The number of thiol groups is 1. The highest BCUT2D eigenvalue weighted by Gasteiger charge is 2.10. The molecule has 1 heterocycles. The fraction of sp³-hybridized carbons (Fsp3) is 0.200. The molecule has 0 aromatic carbocycles. The lowest BCUT2D eigenvalue weighted by Gasteiger charge is -1.93. The molecule has 0 radical (unpaired) electrons. The molecule has 0 amide bonds. The van der Waals surface area contributed by atoms with Crippen molar-refractivity contribution in [3.8, 4) is 0 Å². The molecule has 0 aliphatic heterocycles. The van der Waals surface area contributed by atoms with Gasteiger partial charge in [-0.2, -0.15) is 0 Å². The van der Waals surface area contributed by atoms with Crippen LogP contribution >= 0.6 is 12.6 Å². The Morgan fingerprint density at radius 1 is 1.90 bits per heavy atom. The molecular weight excluding hydrogens is 152 g/mol. The maximum Gasteiger partial charge on any atom is 0.357 e. The van der Waals surface area contributed by atoms with Crippen molar-refractivity contribution in [2.45, 2.75) is 5.03 Å². The van der Waals surface area contributed by atoms with Gasteiger partial charge in [-0.15, -0.1) is 12.6 Å². The van der Waals surface area contributed by atoms with E-state index >= 15 is 0 Å². The first-order valence-electron chi connectivity index (χ1n) is 2.56. The number of nitrogens with one attached hydrogen (secondary N) is 1. The van der Waals surface area contributed by atoms with Crippen LogP contribution < -0.4 is 0 Å². The van der Waals surface area contributed by atoms with Crippen molar-refractivity contribution in [1.82, 2.24) is 9.97 Å². The standard InChI is InChI=1S/C5H6N2O2S/c1-9-5(8)3-4(10)7-2-6-3/h2,10H,1H3,(H,6,7). The molecule has 0 bridgehead atoms. The molecule has 54 valence electrons. The van der Waals surface area contributed by atoms with Gasteiger partial charge in [-0.25, -0.2) is 9.78 Å². The Bertz CT molecular complexity index is 246. The van der Waals surface area contributed by atoms with Gasteiger partial charge in [0.15, 0.2) is 5.69 Å². The van der Waals surface area contributed by atoms with Crippen LogP contribution in [0.1, 0.15) is 10.5 Å². The summed E-state index contributed by atoms with van der Waals surface area (Å²) in [6.45, 7) is 0. The molecule has 1 rings (SSSR count). The Hall–Kier alpha value is -0.970. The quantitative estimate of drug-likeness (QED) is 0.462. The lowest BCUT2D eigenvalue weighted by atomic mass is 10.5. The molecule has 0 aliphatic carbocycles. The number of hydrogen-bond acceptors (Lipinski definition) is 4. The molecule has 1 aromatic heterocycles. The van der Waals surface area contributed by atoms with Crippen LogP contribution in [0.2, 0.25) is 0 Å². The summed E-state index contributed by atoms with van der Waals surface area (Å²) in [6.07, 6.45) is 1.38. The number of esters is 1. The summed E-state index contributed by atoms with van der Waals surface area (Å²) in [6, 6.07) is 0. The number of hydrogen-bond donors (Lipinski definition) is 2. The Labute approximate surface area is 63.0 Å². The predicted octanol–water partition coefficient (Wildman–Crippen LogP) is 0.485. The number of imidazole rings is 1. The van der Waals surface area contributed by atoms with Crippen LogP contribution in [0.4, 0.5) is 0 Å². The largest absolute Gasteiger partial charge is 0.464 e. The monoisotopic (exact) mass is 158 g/mol.